The molecule has 0 saturated carbocycles. The fraction of sp³-hybridized carbons (Fsp3) is 0.625. The number of para-hydroxylation sites is 2. The smallest absolute Gasteiger partial charge is 0.161 e. The van der Waals surface area contributed by atoms with Crippen LogP contribution in [0.3, 0.4) is 0 Å². The van der Waals surface area contributed by atoms with E-state index >= 15 is 0 Å². The summed E-state index contributed by atoms with van der Waals surface area (Å²) in [6.45, 7) is 5.54. The minimum atomic E-state index is 0.526. The summed E-state index contributed by atoms with van der Waals surface area (Å²) in [7, 11) is 1.67. The zero-order valence-corrected chi connectivity index (χ0v) is 12.4. The molecule has 1 aliphatic heterocycles. The Morgan fingerprint density at radius 3 is 2.85 bits per heavy atom. The first-order valence-corrected chi connectivity index (χ1v) is 7.42. The van der Waals surface area contributed by atoms with Crippen LogP contribution in [0.2, 0.25) is 0 Å². The molecule has 0 aromatic heterocycles. The summed E-state index contributed by atoms with van der Waals surface area (Å²) >= 11 is 0. The van der Waals surface area contributed by atoms with E-state index in [1.165, 1.54) is 0 Å². The van der Waals surface area contributed by atoms with Crippen molar-refractivity contribution in [1.82, 2.24) is 5.32 Å². The van der Waals surface area contributed by atoms with Gasteiger partial charge in [0.15, 0.2) is 11.5 Å². The van der Waals surface area contributed by atoms with Gasteiger partial charge >= 0.3 is 0 Å². The molecular formula is C16H25NO3. The Morgan fingerprint density at radius 1 is 1.30 bits per heavy atom. The molecule has 0 bridgehead atoms. The largest absolute Gasteiger partial charge is 0.493 e. The van der Waals surface area contributed by atoms with Gasteiger partial charge in [0.25, 0.3) is 0 Å². The molecule has 112 valence electrons. The molecule has 1 N–H and O–H groups in total. The third kappa shape index (κ3) is 4.12. The van der Waals surface area contributed by atoms with Gasteiger partial charge in [-0.2, -0.15) is 0 Å². The highest BCUT2D eigenvalue weighted by Crippen LogP contribution is 2.26. The maximum Gasteiger partial charge on any atom is 0.161 e. The molecule has 1 aromatic carbocycles. The van der Waals surface area contributed by atoms with Gasteiger partial charge in [-0.15, -0.1) is 0 Å². The van der Waals surface area contributed by atoms with Crippen molar-refractivity contribution in [2.45, 2.75) is 25.8 Å². The van der Waals surface area contributed by atoms with Crippen molar-refractivity contribution in [2.75, 3.05) is 33.5 Å². The maximum atomic E-state index is 5.85. The van der Waals surface area contributed by atoms with Crippen LogP contribution in [0.15, 0.2) is 24.3 Å². The number of hydrogen-bond donors (Lipinski definition) is 1. The number of ether oxygens (including phenoxy) is 3. The molecule has 0 aliphatic carbocycles. The fourth-order valence-electron chi connectivity index (χ4n) is 2.67. The van der Waals surface area contributed by atoms with Crippen LogP contribution < -0.4 is 14.8 Å². The third-order valence-corrected chi connectivity index (χ3v) is 3.76. The third-order valence-electron chi connectivity index (χ3n) is 3.76. The van der Waals surface area contributed by atoms with Gasteiger partial charge in [-0.05, 0) is 31.5 Å². The number of methoxy groups -OCH3 is 1. The van der Waals surface area contributed by atoms with Crippen molar-refractivity contribution in [1.29, 1.82) is 0 Å². The average molecular weight is 279 g/mol. The topological polar surface area (TPSA) is 39.7 Å². The second-order valence-corrected chi connectivity index (χ2v) is 5.08. The molecule has 1 saturated heterocycles. The molecule has 0 spiro atoms. The lowest BCUT2D eigenvalue weighted by atomic mass is 9.93. The Morgan fingerprint density at radius 2 is 2.10 bits per heavy atom. The van der Waals surface area contributed by atoms with E-state index in [0.29, 0.717) is 18.6 Å². The summed E-state index contributed by atoms with van der Waals surface area (Å²) < 4.78 is 16.7. The Bertz CT molecular complexity index is 395. The molecule has 2 rings (SSSR count). The molecule has 4 nitrogen and oxygen atoms in total. The van der Waals surface area contributed by atoms with Crippen LogP contribution in [0.5, 0.6) is 11.5 Å². The number of benzene rings is 1. The van der Waals surface area contributed by atoms with E-state index in [9.17, 15) is 0 Å². The molecular weight excluding hydrogens is 254 g/mol. The second-order valence-electron chi connectivity index (χ2n) is 5.08. The Labute approximate surface area is 121 Å². The summed E-state index contributed by atoms with van der Waals surface area (Å²) in [5.41, 5.74) is 0. The first kappa shape index (κ1) is 15.1. The molecule has 4 heteroatoms. The van der Waals surface area contributed by atoms with Gasteiger partial charge in [-0.3, -0.25) is 0 Å². The number of rotatable bonds is 7. The monoisotopic (exact) mass is 279 g/mol. The van der Waals surface area contributed by atoms with Gasteiger partial charge in [-0.1, -0.05) is 19.1 Å². The molecule has 2 unspecified atom stereocenters. The predicted octanol–water partition coefficient (Wildman–Crippen LogP) is 2.48. The van der Waals surface area contributed by atoms with Gasteiger partial charge < -0.3 is 19.5 Å². The van der Waals surface area contributed by atoms with E-state index in [1.807, 2.05) is 24.3 Å². The van der Waals surface area contributed by atoms with Crippen molar-refractivity contribution in [2.24, 2.45) is 5.92 Å². The number of hydrogen-bond acceptors (Lipinski definition) is 4. The van der Waals surface area contributed by atoms with Gasteiger partial charge in [0.05, 0.1) is 20.3 Å². The standard InChI is InChI=1S/C16H25NO3/c1-3-17-14-9-10-19-12-13(14)8-11-20-16-7-5-4-6-15(16)18-2/h4-7,13-14,17H,3,8-12H2,1-2H3. The van der Waals surface area contributed by atoms with Crippen LogP contribution >= 0.6 is 0 Å². The number of nitrogens with one attached hydrogen (secondary N) is 1. The zero-order valence-electron chi connectivity index (χ0n) is 12.4. The molecule has 1 aromatic rings. The summed E-state index contributed by atoms with van der Waals surface area (Å²) in [6.07, 6.45) is 2.09. The van der Waals surface area contributed by atoms with E-state index in [2.05, 4.69) is 12.2 Å². The Balaban J connectivity index is 1.82. The lowest BCUT2D eigenvalue weighted by Crippen LogP contribution is -2.43. The quantitative estimate of drug-likeness (QED) is 0.832. The average Bonchev–Trinajstić information content (AvgIpc) is 2.50. The fourth-order valence-corrected chi connectivity index (χ4v) is 2.67. The van der Waals surface area contributed by atoms with Crippen LogP contribution in [0.4, 0.5) is 0 Å². The SMILES string of the molecule is CCNC1CCOCC1CCOc1ccccc1OC. The van der Waals surface area contributed by atoms with Crippen LogP contribution in [0.1, 0.15) is 19.8 Å². The highest BCUT2D eigenvalue weighted by Gasteiger charge is 2.24. The molecule has 1 fully saturated rings. The van der Waals surface area contributed by atoms with E-state index in [-0.39, 0.29) is 0 Å². The zero-order chi connectivity index (χ0) is 14.2. The molecule has 1 heterocycles. The first-order valence-electron chi connectivity index (χ1n) is 7.42. The Kier molecular flexibility index (Phi) is 6.15. The summed E-state index contributed by atoms with van der Waals surface area (Å²) in [6, 6.07) is 8.32. The van der Waals surface area contributed by atoms with Crippen LogP contribution in [-0.2, 0) is 4.74 Å². The lowest BCUT2D eigenvalue weighted by Gasteiger charge is -2.32. The van der Waals surface area contributed by atoms with Crippen LogP contribution in [-0.4, -0.2) is 39.5 Å². The van der Waals surface area contributed by atoms with E-state index in [4.69, 9.17) is 14.2 Å². The van der Waals surface area contributed by atoms with Crippen LogP contribution in [0, 0.1) is 5.92 Å². The van der Waals surface area contributed by atoms with Crippen molar-refractivity contribution in [3.05, 3.63) is 24.3 Å². The predicted molar refractivity (Wildman–Crippen MR) is 79.5 cm³/mol. The van der Waals surface area contributed by atoms with E-state index < -0.39 is 0 Å². The normalized spacial score (nSPS) is 22.5. The van der Waals surface area contributed by atoms with E-state index in [0.717, 1.165) is 44.1 Å². The molecule has 2 atom stereocenters. The highest BCUT2D eigenvalue weighted by molar-refractivity contribution is 5.39. The summed E-state index contributed by atoms with van der Waals surface area (Å²) in [4.78, 5) is 0. The van der Waals surface area contributed by atoms with Crippen molar-refractivity contribution in [3.63, 3.8) is 0 Å². The van der Waals surface area contributed by atoms with Gasteiger partial charge in [0.2, 0.25) is 0 Å². The van der Waals surface area contributed by atoms with Gasteiger partial charge in [-0.25, -0.2) is 0 Å². The lowest BCUT2D eigenvalue weighted by molar-refractivity contribution is 0.0240. The molecule has 20 heavy (non-hydrogen) atoms. The van der Waals surface area contributed by atoms with Gasteiger partial charge in [0, 0.05) is 18.6 Å². The molecule has 1 aliphatic rings. The van der Waals surface area contributed by atoms with Crippen molar-refractivity contribution < 1.29 is 14.2 Å². The van der Waals surface area contributed by atoms with Gasteiger partial charge in [0.1, 0.15) is 0 Å². The highest BCUT2D eigenvalue weighted by atomic mass is 16.5. The van der Waals surface area contributed by atoms with Crippen molar-refractivity contribution in [3.8, 4) is 11.5 Å². The molecule has 0 amide bonds. The first-order chi connectivity index (χ1) is 9.85. The van der Waals surface area contributed by atoms with Crippen molar-refractivity contribution >= 4 is 0 Å². The molecule has 0 radical (unpaired) electrons. The summed E-state index contributed by atoms with van der Waals surface area (Å²) in [5, 5.41) is 3.55. The summed E-state index contributed by atoms with van der Waals surface area (Å²) in [5.74, 6) is 2.13. The minimum Gasteiger partial charge on any atom is -0.493 e. The Hall–Kier alpha value is -1.26. The maximum absolute atomic E-state index is 5.85. The second kappa shape index (κ2) is 8.12. The minimum absolute atomic E-state index is 0.526. The van der Waals surface area contributed by atoms with E-state index in [1.54, 1.807) is 7.11 Å². The van der Waals surface area contributed by atoms with Crippen LogP contribution in [0.25, 0.3) is 0 Å².